The molecule has 0 rings (SSSR count). The lowest BCUT2D eigenvalue weighted by atomic mass is 11.4. The van der Waals surface area contributed by atoms with Gasteiger partial charge in [0.15, 0.2) is 0 Å². The van der Waals surface area contributed by atoms with Crippen molar-refractivity contribution in [1.82, 2.24) is 0 Å². The highest BCUT2D eigenvalue weighted by Gasteiger charge is 2.19. The normalized spacial score (nSPS) is 12.9. The van der Waals surface area contributed by atoms with Gasteiger partial charge < -0.3 is 20.4 Å². The maximum Gasteiger partial charge on any atom is 0.408 e. The van der Waals surface area contributed by atoms with Crippen LogP contribution in [0.2, 0.25) is 0 Å². The third kappa shape index (κ3) is 6.12. The summed E-state index contributed by atoms with van der Waals surface area (Å²) in [7, 11) is -4.78. The Balaban J connectivity index is 4.03. The first-order valence-electron chi connectivity index (χ1n) is 2.17. The van der Waals surface area contributed by atoms with E-state index in [1.54, 1.807) is 0 Å². The van der Waals surface area contributed by atoms with Gasteiger partial charge in [0, 0.05) is 0 Å². The summed E-state index contributed by atoms with van der Waals surface area (Å²) in [5.41, 5.74) is 0. The Hall–Kier alpha value is -0.290. The van der Waals surface area contributed by atoms with E-state index < -0.39 is 23.4 Å². The van der Waals surface area contributed by atoms with Crippen molar-refractivity contribution < 1.29 is 37.2 Å². The first-order chi connectivity index (χ1) is 4.83. The van der Waals surface area contributed by atoms with Gasteiger partial charge in [0.2, 0.25) is 0 Å². The van der Waals surface area contributed by atoms with Crippen molar-refractivity contribution >= 4 is 10.4 Å². The van der Waals surface area contributed by atoms with E-state index in [0.29, 0.717) is 0 Å². The van der Waals surface area contributed by atoms with Crippen molar-refractivity contribution in [1.29, 1.82) is 0 Å². The summed E-state index contributed by atoms with van der Waals surface area (Å²) in [6, 6.07) is 0. The highest BCUT2D eigenvalue weighted by molar-refractivity contribution is 7.81. The molecule has 0 radical (unpaired) electrons. The van der Waals surface area contributed by atoms with E-state index in [2.05, 4.69) is 8.37 Å². The summed E-state index contributed by atoms with van der Waals surface area (Å²) in [6.45, 7) is -5.20. The Morgan fingerprint density at radius 3 is 1.36 bits per heavy atom. The number of hydrogen-bond acceptors (Lipinski definition) is 8. The lowest BCUT2D eigenvalue weighted by molar-refractivity contribution is -0.208. The van der Waals surface area contributed by atoms with E-state index in [9.17, 15) is 8.42 Å². The number of aliphatic hydroxyl groups is 4. The largest absolute Gasteiger partial charge is 0.408 e. The Labute approximate surface area is 61.6 Å². The van der Waals surface area contributed by atoms with Crippen molar-refractivity contribution in [3.05, 3.63) is 0 Å². The second-order valence-corrected chi connectivity index (χ2v) is 2.45. The number of hydrogen-bond donors (Lipinski definition) is 4. The lowest BCUT2D eigenvalue weighted by Gasteiger charge is -2.06. The van der Waals surface area contributed by atoms with Gasteiger partial charge in [-0.3, -0.25) is 0 Å². The fraction of sp³-hybridized carbons (Fsp3) is 1.00. The van der Waals surface area contributed by atoms with Crippen LogP contribution in [-0.2, 0) is 18.8 Å². The van der Waals surface area contributed by atoms with Crippen molar-refractivity contribution in [2.24, 2.45) is 0 Å². The molecule has 0 aliphatic heterocycles. The van der Waals surface area contributed by atoms with Gasteiger partial charge in [0.1, 0.15) is 0 Å². The van der Waals surface area contributed by atoms with E-state index in [-0.39, 0.29) is 0 Å². The zero-order chi connectivity index (χ0) is 9.07. The van der Waals surface area contributed by atoms with Gasteiger partial charge in [-0.05, 0) is 0 Å². The highest BCUT2D eigenvalue weighted by Crippen LogP contribution is 1.99. The molecule has 0 aliphatic carbocycles. The van der Waals surface area contributed by atoms with Crippen LogP contribution in [0, 0.1) is 0 Å². The average Bonchev–Trinajstić information content (AvgIpc) is 1.53. The second-order valence-electron chi connectivity index (χ2n) is 1.25. The Bertz CT molecular complexity index is 174. The molecule has 11 heavy (non-hydrogen) atoms. The SMILES string of the molecule is O=S(=O)(OC(O)O)OC(O)O. The zero-order valence-electron chi connectivity index (χ0n) is 4.98. The van der Waals surface area contributed by atoms with Crippen molar-refractivity contribution in [3.63, 3.8) is 0 Å². The van der Waals surface area contributed by atoms with Crippen LogP contribution in [0.1, 0.15) is 0 Å². The number of rotatable bonds is 4. The van der Waals surface area contributed by atoms with E-state index in [0.717, 1.165) is 0 Å². The lowest BCUT2D eigenvalue weighted by Crippen LogP contribution is -2.23. The summed E-state index contributed by atoms with van der Waals surface area (Å²) in [5.74, 6) is 0. The maximum absolute atomic E-state index is 10.2. The first kappa shape index (κ1) is 10.7. The molecule has 0 amide bonds. The molecule has 0 unspecified atom stereocenters. The highest BCUT2D eigenvalue weighted by atomic mass is 32.3. The first-order valence-corrected chi connectivity index (χ1v) is 3.50. The molecular weight excluding hydrogens is 184 g/mol. The minimum absolute atomic E-state index is 2.60. The molecule has 0 spiro atoms. The third-order valence-corrected chi connectivity index (χ3v) is 1.22. The van der Waals surface area contributed by atoms with E-state index >= 15 is 0 Å². The fourth-order valence-corrected chi connectivity index (χ4v) is 0.700. The van der Waals surface area contributed by atoms with Crippen LogP contribution in [0.5, 0.6) is 0 Å². The van der Waals surface area contributed by atoms with Gasteiger partial charge in [-0.2, -0.15) is 16.8 Å². The summed E-state index contributed by atoms with van der Waals surface area (Å²) in [5, 5.41) is 31.6. The van der Waals surface area contributed by atoms with Gasteiger partial charge in [0.25, 0.3) is 13.0 Å². The van der Waals surface area contributed by atoms with Gasteiger partial charge in [-0.15, -0.1) is 0 Å². The van der Waals surface area contributed by atoms with Crippen LogP contribution < -0.4 is 0 Å². The van der Waals surface area contributed by atoms with Crippen LogP contribution in [0.15, 0.2) is 0 Å². The van der Waals surface area contributed by atoms with Crippen molar-refractivity contribution in [3.8, 4) is 0 Å². The minimum Gasteiger partial charge on any atom is -0.345 e. The molecule has 0 aliphatic rings. The molecule has 0 heterocycles. The van der Waals surface area contributed by atoms with Gasteiger partial charge in [0.05, 0.1) is 0 Å². The number of aliphatic hydroxyl groups excluding tert-OH is 2. The Kier molecular flexibility index (Phi) is 3.82. The average molecular weight is 190 g/mol. The summed E-state index contributed by atoms with van der Waals surface area (Å²) in [6.07, 6.45) is 0. The minimum atomic E-state index is -4.78. The molecule has 0 aromatic heterocycles. The van der Waals surface area contributed by atoms with Crippen LogP contribution >= 0.6 is 0 Å². The summed E-state index contributed by atoms with van der Waals surface area (Å²) >= 11 is 0. The molecular formula is C2H6O8S. The molecule has 0 aromatic rings. The molecule has 0 bridgehead atoms. The molecule has 4 N–H and O–H groups in total. The van der Waals surface area contributed by atoms with Crippen LogP contribution in [0.3, 0.4) is 0 Å². The topological polar surface area (TPSA) is 134 Å². The fourth-order valence-electron chi connectivity index (χ4n) is 0.233. The predicted molar refractivity (Wildman–Crippen MR) is 27.5 cm³/mol. The van der Waals surface area contributed by atoms with E-state index in [1.807, 2.05) is 0 Å². The second kappa shape index (κ2) is 3.92. The summed E-state index contributed by atoms with van der Waals surface area (Å²) in [4.78, 5) is 0. The van der Waals surface area contributed by atoms with Crippen LogP contribution in [-0.4, -0.2) is 41.8 Å². The van der Waals surface area contributed by atoms with Gasteiger partial charge in [-0.1, -0.05) is 0 Å². The molecule has 0 saturated carbocycles. The summed E-state index contributed by atoms with van der Waals surface area (Å²) < 4.78 is 26.9. The maximum atomic E-state index is 10.2. The molecule has 0 saturated heterocycles. The third-order valence-electron chi connectivity index (χ3n) is 0.408. The smallest absolute Gasteiger partial charge is 0.345 e. The zero-order valence-corrected chi connectivity index (χ0v) is 5.80. The van der Waals surface area contributed by atoms with Crippen LogP contribution in [0.25, 0.3) is 0 Å². The molecule has 68 valence electrons. The van der Waals surface area contributed by atoms with E-state index in [4.69, 9.17) is 20.4 Å². The van der Waals surface area contributed by atoms with Gasteiger partial charge in [-0.25, -0.2) is 0 Å². The van der Waals surface area contributed by atoms with Crippen LogP contribution in [0.4, 0.5) is 0 Å². The standard InChI is InChI=1S/C2H6O8S/c3-1(4)9-11(7,8)10-2(5)6/h1-6H. The molecule has 9 heteroatoms. The van der Waals surface area contributed by atoms with Gasteiger partial charge >= 0.3 is 10.4 Å². The Morgan fingerprint density at radius 2 is 1.18 bits per heavy atom. The monoisotopic (exact) mass is 190 g/mol. The van der Waals surface area contributed by atoms with Crippen molar-refractivity contribution in [2.45, 2.75) is 13.0 Å². The quantitative estimate of drug-likeness (QED) is 0.340. The molecule has 0 atom stereocenters. The molecule has 8 nitrogen and oxygen atoms in total. The molecule has 0 aromatic carbocycles. The Morgan fingerprint density at radius 1 is 0.909 bits per heavy atom. The van der Waals surface area contributed by atoms with E-state index in [1.165, 1.54) is 0 Å². The predicted octanol–water partition coefficient (Wildman–Crippen LogP) is -3.20. The molecule has 0 fully saturated rings. The van der Waals surface area contributed by atoms with Crippen molar-refractivity contribution in [2.75, 3.05) is 0 Å².